The highest BCUT2D eigenvalue weighted by Gasteiger charge is 2.20. The number of carbonyl (C=O) groups excluding carboxylic acids is 1. The molecule has 1 N–H and O–H groups in total. The Morgan fingerprint density at radius 1 is 1.03 bits per heavy atom. The Morgan fingerprint density at radius 2 is 1.74 bits per heavy atom. The Bertz CT molecular complexity index is 1570. The Hall–Kier alpha value is -4.79. The van der Waals surface area contributed by atoms with Gasteiger partial charge >= 0.3 is 0 Å². The second-order valence-electron chi connectivity index (χ2n) is 8.06. The van der Waals surface area contributed by atoms with E-state index in [1.165, 1.54) is 17.7 Å². The minimum Gasteiger partial charge on any atom is -0.451 e. The van der Waals surface area contributed by atoms with Crippen molar-refractivity contribution in [3.05, 3.63) is 99.8 Å². The van der Waals surface area contributed by atoms with Crippen LogP contribution >= 0.6 is 0 Å². The molecule has 0 saturated heterocycles. The number of amides is 1. The first-order chi connectivity index (χ1) is 16.9. The zero-order valence-electron chi connectivity index (χ0n) is 19.1. The number of nitrogens with one attached hydrogen (secondary N) is 1. The molecular formula is C26H21N5O4. The summed E-state index contributed by atoms with van der Waals surface area (Å²) in [4.78, 5) is 25.3. The summed E-state index contributed by atoms with van der Waals surface area (Å²) < 4.78 is 5.65. The first-order valence-electron chi connectivity index (χ1n) is 11.0. The zero-order chi connectivity index (χ0) is 24.5. The number of rotatable bonds is 6. The van der Waals surface area contributed by atoms with E-state index < -0.39 is 10.8 Å². The van der Waals surface area contributed by atoms with E-state index in [-0.39, 0.29) is 17.2 Å². The number of nitro benzene ring substituents is 1. The summed E-state index contributed by atoms with van der Waals surface area (Å²) in [5, 5.41) is 23.3. The third kappa shape index (κ3) is 4.26. The molecule has 2 heterocycles. The average Bonchev–Trinajstić information content (AvgIpc) is 3.52. The van der Waals surface area contributed by atoms with Gasteiger partial charge in [-0.25, -0.2) is 0 Å². The van der Waals surface area contributed by atoms with E-state index in [4.69, 9.17) is 4.42 Å². The first kappa shape index (κ1) is 22.0. The molecule has 3 aromatic carbocycles. The van der Waals surface area contributed by atoms with Crippen LogP contribution < -0.4 is 5.32 Å². The van der Waals surface area contributed by atoms with Gasteiger partial charge in [0, 0.05) is 11.8 Å². The predicted molar refractivity (Wildman–Crippen MR) is 132 cm³/mol. The summed E-state index contributed by atoms with van der Waals surface area (Å²) in [6, 6.07) is 20.9. The lowest BCUT2D eigenvalue weighted by atomic mass is 10.1. The highest BCUT2D eigenvalue weighted by Crippen LogP contribution is 2.31. The molecule has 35 heavy (non-hydrogen) atoms. The molecule has 0 saturated carbocycles. The number of para-hydroxylation sites is 1. The van der Waals surface area contributed by atoms with E-state index in [2.05, 4.69) is 22.4 Å². The topological polar surface area (TPSA) is 116 Å². The molecule has 0 bridgehead atoms. The number of fused-ring (bicyclic) bond motifs is 1. The number of hydrogen-bond donors (Lipinski definition) is 1. The lowest BCUT2D eigenvalue weighted by Crippen LogP contribution is -2.11. The van der Waals surface area contributed by atoms with Crippen molar-refractivity contribution in [1.29, 1.82) is 0 Å². The summed E-state index contributed by atoms with van der Waals surface area (Å²) in [6.07, 6.45) is 0.955. The number of anilines is 1. The smallest absolute Gasteiger partial charge is 0.291 e. The van der Waals surface area contributed by atoms with Gasteiger partial charge in [-0.15, -0.1) is 10.2 Å². The Labute approximate surface area is 200 Å². The molecule has 0 aliphatic heterocycles. The molecule has 0 aliphatic carbocycles. The molecule has 0 aliphatic rings. The van der Waals surface area contributed by atoms with E-state index in [1.54, 1.807) is 35.1 Å². The lowest BCUT2D eigenvalue weighted by molar-refractivity contribution is -0.384. The van der Waals surface area contributed by atoms with Gasteiger partial charge in [0.1, 0.15) is 16.8 Å². The number of nitro groups is 1. The number of furan rings is 1. The minimum atomic E-state index is -0.485. The van der Waals surface area contributed by atoms with Gasteiger partial charge in [-0.05, 0) is 66.9 Å². The zero-order valence-corrected chi connectivity index (χ0v) is 19.1. The summed E-state index contributed by atoms with van der Waals surface area (Å²) in [5.41, 5.74) is 5.00. The fourth-order valence-corrected chi connectivity index (χ4v) is 3.81. The molecular weight excluding hydrogens is 446 g/mol. The van der Waals surface area contributed by atoms with E-state index in [0.717, 1.165) is 17.7 Å². The Morgan fingerprint density at radius 3 is 2.46 bits per heavy atom. The maximum atomic E-state index is 12.9. The second-order valence-corrected chi connectivity index (χ2v) is 8.06. The van der Waals surface area contributed by atoms with Gasteiger partial charge in [-0.3, -0.25) is 14.9 Å². The van der Waals surface area contributed by atoms with Crippen LogP contribution in [0.5, 0.6) is 0 Å². The van der Waals surface area contributed by atoms with Gasteiger partial charge in [-0.1, -0.05) is 31.2 Å². The maximum absolute atomic E-state index is 12.9. The van der Waals surface area contributed by atoms with Gasteiger partial charge in [0.15, 0.2) is 5.76 Å². The van der Waals surface area contributed by atoms with Crippen LogP contribution in [0.4, 0.5) is 11.4 Å². The Kier molecular flexibility index (Phi) is 5.58. The molecule has 5 rings (SSSR count). The highest BCUT2D eigenvalue weighted by atomic mass is 16.6. The number of hydrogen-bond acceptors (Lipinski definition) is 6. The van der Waals surface area contributed by atoms with Gasteiger partial charge in [0.2, 0.25) is 0 Å². The second kappa shape index (κ2) is 8.86. The maximum Gasteiger partial charge on any atom is 0.291 e. The summed E-state index contributed by atoms with van der Waals surface area (Å²) in [7, 11) is 0. The van der Waals surface area contributed by atoms with Crippen molar-refractivity contribution in [3.63, 3.8) is 0 Å². The van der Waals surface area contributed by atoms with Crippen LogP contribution in [0.3, 0.4) is 0 Å². The Balaban J connectivity index is 1.40. The van der Waals surface area contributed by atoms with Crippen molar-refractivity contribution >= 4 is 28.3 Å². The van der Waals surface area contributed by atoms with Crippen LogP contribution in [-0.4, -0.2) is 25.8 Å². The SMILES string of the molecule is CCc1ccc(-n2nc3cc(C)c(NC(=O)c4ccc(-c5ccccc5[N+](=O)[O-])o4)cc3n2)cc1. The minimum absolute atomic E-state index is 0.0392. The summed E-state index contributed by atoms with van der Waals surface area (Å²) in [6.45, 7) is 3.97. The summed E-state index contributed by atoms with van der Waals surface area (Å²) in [5.74, 6) is -0.191. The van der Waals surface area contributed by atoms with Crippen molar-refractivity contribution in [3.8, 4) is 17.0 Å². The van der Waals surface area contributed by atoms with Gasteiger partial charge in [-0.2, -0.15) is 4.80 Å². The van der Waals surface area contributed by atoms with Crippen LogP contribution in [0, 0.1) is 17.0 Å². The average molecular weight is 467 g/mol. The number of aryl methyl sites for hydroxylation is 2. The lowest BCUT2D eigenvalue weighted by Gasteiger charge is -2.06. The largest absolute Gasteiger partial charge is 0.451 e. The molecule has 0 fully saturated rings. The fraction of sp³-hybridized carbons (Fsp3) is 0.115. The molecule has 0 spiro atoms. The number of benzene rings is 3. The van der Waals surface area contributed by atoms with E-state index in [0.29, 0.717) is 22.3 Å². The third-order valence-corrected chi connectivity index (χ3v) is 5.75. The third-order valence-electron chi connectivity index (χ3n) is 5.75. The van der Waals surface area contributed by atoms with Crippen LogP contribution in [-0.2, 0) is 6.42 Å². The molecule has 0 atom stereocenters. The number of carbonyl (C=O) groups is 1. The fourth-order valence-electron chi connectivity index (χ4n) is 3.81. The van der Waals surface area contributed by atoms with E-state index in [1.807, 2.05) is 37.3 Å². The van der Waals surface area contributed by atoms with Gasteiger partial charge in [0.05, 0.1) is 16.2 Å². The van der Waals surface area contributed by atoms with E-state index in [9.17, 15) is 14.9 Å². The molecule has 0 unspecified atom stereocenters. The molecule has 9 heteroatoms. The molecule has 174 valence electrons. The monoisotopic (exact) mass is 467 g/mol. The molecule has 9 nitrogen and oxygen atoms in total. The van der Waals surface area contributed by atoms with Crippen molar-refractivity contribution in [2.75, 3.05) is 5.32 Å². The van der Waals surface area contributed by atoms with Crippen LogP contribution in [0.25, 0.3) is 28.0 Å². The normalized spacial score (nSPS) is 11.0. The molecule has 1 amide bonds. The van der Waals surface area contributed by atoms with Crippen molar-refractivity contribution in [2.45, 2.75) is 20.3 Å². The van der Waals surface area contributed by atoms with Crippen LogP contribution in [0.1, 0.15) is 28.6 Å². The highest BCUT2D eigenvalue weighted by molar-refractivity contribution is 6.04. The van der Waals surface area contributed by atoms with Crippen molar-refractivity contribution in [2.24, 2.45) is 0 Å². The van der Waals surface area contributed by atoms with Crippen LogP contribution in [0.15, 0.2) is 77.2 Å². The quantitative estimate of drug-likeness (QED) is 0.252. The van der Waals surface area contributed by atoms with Crippen molar-refractivity contribution in [1.82, 2.24) is 15.0 Å². The molecule has 2 aromatic heterocycles. The standard InChI is InChI=1S/C26H21N5O4/c1-3-17-8-10-18(11-9-17)30-28-21-14-16(2)20(15-22(21)29-30)27-26(32)25-13-12-24(35-25)19-6-4-5-7-23(19)31(33)34/h4-15H,3H2,1-2H3,(H,27,32). The molecule has 5 aromatic rings. The molecule has 0 radical (unpaired) electrons. The number of aromatic nitrogens is 3. The van der Waals surface area contributed by atoms with Gasteiger partial charge < -0.3 is 9.73 Å². The van der Waals surface area contributed by atoms with Crippen LogP contribution in [0.2, 0.25) is 0 Å². The van der Waals surface area contributed by atoms with Gasteiger partial charge in [0.25, 0.3) is 11.6 Å². The first-order valence-corrected chi connectivity index (χ1v) is 11.0. The predicted octanol–water partition coefficient (Wildman–Crippen LogP) is 5.71. The number of nitrogens with zero attached hydrogens (tertiary/aromatic N) is 4. The van der Waals surface area contributed by atoms with E-state index >= 15 is 0 Å². The summed E-state index contributed by atoms with van der Waals surface area (Å²) >= 11 is 0. The van der Waals surface area contributed by atoms with Crippen molar-refractivity contribution < 1.29 is 14.1 Å².